The molecule has 46 heavy (non-hydrogen) atoms. The number of pyridine rings is 1. The number of para-hydroxylation sites is 1. The quantitative estimate of drug-likeness (QED) is 0.120. The number of nitrogens with zero attached hydrogens (tertiary/aromatic N) is 6. The van der Waals surface area contributed by atoms with E-state index >= 15 is 0 Å². The zero-order valence-corrected chi connectivity index (χ0v) is 25.9. The Morgan fingerprint density at radius 3 is 2.57 bits per heavy atom. The molecule has 3 N–H and O–H groups in total. The number of methoxy groups -OCH3 is 1. The number of carbonyl (C=O) groups excluding carboxylic acids is 2. The number of halogens is 1. The summed E-state index contributed by atoms with van der Waals surface area (Å²) in [5.74, 6) is -0.664. The molecule has 12 nitrogen and oxygen atoms in total. The van der Waals surface area contributed by atoms with Gasteiger partial charge in [-0.25, -0.2) is 14.4 Å². The highest BCUT2D eigenvalue weighted by Crippen LogP contribution is 2.38. The van der Waals surface area contributed by atoms with Gasteiger partial charge in [-0.1, -0.05) is 18.7 Å². The van der Waals surface area contributed by atoms with Crippen LogP contribution in [0.5, 0.6) is 5.75 Å². The minimum absolute atomic E-state index is 0.0810. The van der Waals surface area contributed by atoms with Gasteiger partial charge in [-0.3, -0.25) is 9.59 Å². The largest absolute Gasteiger partial charge is 0.494 e. The molecule has 13 heteroatoms. The summed E-state index contributed by atoms with van der Waals surface area (Å²) in [6, 6.07) is 13.0. The molecule has 236 valence electrons. The Morgan fingerprint density at radius 2 is 1.83 bits per heavy atom. The van der Waals surface area contributed by atoms with Gasteiger partial charge < -0.3 is 34.9 Å². The summed E-state index contributed by atoms with van der Waals surface area (Å²) in [7, 11) is 7.40. The molecule has 5 rings (SSSR count). The molecular weight excluding hydrogens is 589 g/mol. The van der Waals surface area contributed by atoms with E-state index in [1.807, 2.05) is 26.0 Å². The number of hydrogen-bond acceptors (Lipinski definition) is 10. The first kappa shape index (κ1) is 31.6. The Balaban J connectivity index is 1.54. The maximum atomic E-state index is 14.7. The monoisotopic (exact) mass is 623 g/mol. The minimum atomic E-state index is -0.521. The van der Waals surface area contributed by atoms with E-state index in [0.29, 0.717) is 34.9 Å². The summed E-state index contributed by atoms with van der Waals surface area (Å²) in [5, 5.41) is 8.94. The van der Waals surface area contributed by atoms with Crippen molar-refractivity contribution in [1.29, 1.82) is 0 Å². The van der Waals surface area contributed by atoms with E-state index in [9.17, 15) is 14.0 Å². The van der Waals surface area contributed by atoms with E-state index in [1.54, 1.807) is 65.5 Å². The van der Waals surface area contributed by atoms with Crippen molar-refractivity contribution in [3.8, 4) is 5.75 Å². The molecule has 0 aliphatic carbocycles. The van der Waals surface area contributed by atoms with Crippen molar-refractivity contribution in [2.24, 2.45) is 0 Å². The maximum absolute atomic E-state index is 14.7. The van der Waals surface area contributed by atoms with Gasteiger partial charge in [0, 0.05) is 56.6 Å². The molecule has 0 bridgehead atoms. The first-order chi connectivity index (χ1) is 22.2. The molecule has 3 aromatic heterocycles. The number of fused-ring (bicyclic) bond motifs is 1. The highest BCUT2D eigenvalue weighted by Gasteiger charge is 2.21. The Kier molecular flexibility index (Phi) is 9.53. The number of rotatable bonds is 13. The lowest BCUT2D eigenvalue weighted by Crippen LogP contribution is -2.29. The van der Waals surface area contributed by atoms with Gasteiger partial charge in [0.2, 0.25) is 11.9 Å². The molecule has 0 spiro atoms. The van der Waals surface area contributed by atoms with Crippen molar-refractivity contribution in [3.63, 3.8) is 0 Å². The molecule has 0 radical (unpaired) electrons. The number of nitrogens with one attached hydrogen (secondary N) is 3. The van der Waals surface area contributed by atoms with Crippen LogP contribution in [0.2, 0.25) is 0 Å². The maximum Gasteiger partial charge on any atom is 0.247 e. The molecule has 0 atom stereocenters. The average Bonchev–Trinajstić information content (AvgIpc) is 3.53. The predicted octanol–water partition coefficient (Wildman–Crippen LogP) is 5.11. The van der Waals surface area contributed by atoms with Gasteiger partial charge >= 0.3 is 0 Å². The van der Waals surface area contributed by atoms with Gasteiger partial charge in [0.1, 0.15) is 23.0 Å². The number of carbonyl (C=O) groups is 2. The summed E-state index contributed by atoms with van der Waals surface area (Å²) in [4.78, 5) is 43.3. The molecule has 0 fully saturated rings. The van der Waals surface area contributed by atoms with Crippen molar-refractivity contribution in [1.82, 2.24) is 24.3 Å². The second kappa shape index (κ2) is 13.9. The number of aromatic nitrogens is 4. The van der Waals surface area contributed by atoms with Crippen LogP contribution in [0.1, 0.15) is 15.9 Å². The fourth-order valence-corrected chi connectivity index (χ4v) is 4.63. The van der Waals surface area contributed by atoms with Crippen LogP contribution in [0, 0.1) is 5.82 Å². The topological polar surface area (TPSA) is 129 Å². The molecule has 3 heterocycles. The second-order valence-corrected chi connectivity index (χ2v) is 10.6. The third-order valence-corrected chi connectivity index (χ3v) is 7.11. The summed E-state index contributed by atoms with van der Waals surface area (Å²) in [6.45, 7) is 5.02. The van der Waals surface area contributed by atoms with Crippen LogP contribution in [0.25, 0.3) is 5.65 Å². The Hall–Kier alpha value is -5.82. The highest BCUT2D eigenvalue weighted by molar-refractivity contribution is 6.12. The molecular formula is C33H34FN9O3. The lowest BCUT2D eigenvalue weighted by Gasteiger charge is -2.26. The molecule has 2 aromatic carbocycles. The van der Waals surface area contributed by atoms with Crippen LogP contribution in [-0.2, 0) is 4.79 Å². The normalized spacial score (nSPS) is 10.9. The summed E-state index contributed by atoms with van der Waals surface area (Å²) in [5.41, 5.74) is 2.96. The van der Waals surface area contributed by atoms with Crippen molar-refractivity contribution < 1.29 is 18.7 Å². The van der Waals surface area contributed by atoms with E-state index in [-0.39, 0.29) is 34.7 Å². The summed E-state index contributed by atoms with van der Waals surface area (Å²) in [6.07, 6.45) is 7.58. The average molecular weight is 624 g/mol. The SMILES string of the molecule is C=CC(=O)Nc1cc(Nc2ncc(C(=O)c3ccc4nccn4c3)c(Nc3ccccc3F)n2)c(OC)cc1N(C)CCN(C)C. The van der Waals surface area contributed by atoms with Crippen molar-refractivity contribution in [2.75, 3.05) is 62.2 Å². The molecule has 1 amide bonds. The van der Waals surface area contributed by atoms with E-state index in [1.165, 1.54) is 25.4 Å². The Labute approximate surface area is 265 Å². The first-order valence-electron chi connectivity index (χ1n) is 14.3. The van der Waals surface area contributed by atoms with Gasteiger partial charge in [-0.2, -0.15) is 4.98 Å². The standard InChI is InChI=1S/C33H34FN9O3/c1-6-30(44)37-25-17-26(28(46-5)18-27(25)42(4)16-15-41(2)3)39-33-36-19-22(32(40-33)38-24-10-8-7-9-23(24)34)31(45)21-11-12-29-35-13-14-43(29)20-21/h6-14,17-20H,1,15-16H2,2-5H3,(H,37,44)(H2,36,38,39,40). The molecule has 0 aliphatic heterocycles. The molecule has 0 unspecified atom stereocenters. The van der Waals surface area contributed by atoms with E-state index in [2.05, 4.69) is 42.4 Å². The third-order valence-electron chi connectivity index (χ3n) is 7.11. The number of ketones is 1. The van der Waals surface area contributed by atoms with Crippen LogP contribution < -0.4 is 25.6 Å². The molecule has 0 aliphatic rings. The lowest BCUT2D eigenvalue weighted by atomic mass is 10.1. The number of benzene rings is 2. The fourth-order valence-electron chi connectivity index (χ4n) is 4.63. The van der Waals surface area contributed by atoms with E-state index in [0.717, 1.165) is 12.2 Å². The van der Waals surface area contributed by atoms with Crippen molar-refractivity contribution in [2.45, 2.75) is 0 Å². The minimum Gasteiger partial charge on any atom is -0.494 e. The zero-order chi connectivity index (χ0) is 32.8. The van der Waals surface area contributed by atoms with Crippen LogP contribution in [-0.4, -0.2) is 77.3 Å². The number of amides is 1. The molecule has 0 saturated heterocycles. The number of anilines is 6. The van der Waals surface area contributed by atoms with Gasteiger partial charge in [-0.05, 0) is 50.5 Å². The number of hydrogen-bond donors (Lipinski definition) is 3. The fraction of sp³-hybridized carbons (Fsp3) is 0.182. The van der Waals surface area contributed by atoms with E-state index < -0.39 is 5.82 Å². The van der Waals surface area contributed by atoms with Crippen molar-refractivity contribution in [3.05, 3.63) is 103 Å². The summed E-state index contributed by atoms with van der Waals surface area (Å²) >= 11 is 0. The summed E-state index contributed by atoms with van der Waals surface area (Å²) < 4.78 is 22.1. The Bertz CT molecular complexity index is 1910. The first-order valence-corrected chi connectivity index (χ1v) is 14.3. The highest BCUT2D eigenvalue weighted by atomic mass is 19.1. The third kappa shape index (κ3) is 7.11. The van der Waals surface area contributed by atoms with Gasteiger partial charge in [-0.15, -0.1) is 0 Å². The smallest absolute Gasteiger partial charge is 0.247 e. The second-order valence-electron chi connectivity index (χ2n) is 10.6. The van der Waals surface area contributed by atoms with Crippen LogP contribution in [0.4, 0.5) is 38.9 Å². The van der Waals surface area contributed by atoms with Gasteiger partial charge in [0.05, 0.1) is 35.4 Å². The van der Waals surface area contributed by atoms with Gasteiger partial charge in [0.25, 0.3) is 0 Å². The van der Waals surface area contributed by atoms with Crippen molar-refractivity contribution >= 4 is 51.9 Å². The number of ether oxygens (including phenoxy) is 1. The van der Waals surface area contributed by atoms with E-state index in [4.69, 9.17) is 4.74 Å². The molecule has 0 saturated carbocycles. The van der Waals surface area contributed by atoms with Gasteiger partial charge in [0.15, 0.2) is 5.78 Å². The predicted molar refractivity (Wildman–Crippen MR) is 177 cm³/mol. The number of likely N-dealkylation sites (N-methyl/N-ethyl adjacent to an activating group) is 2. The lowest BCUT2D eigenvalue weighted by molar-refractivity contribution is -0.111. The van der Waals surface area contributed by atoms with Crippen LogP contribution in [0.3, 0.4) is 0 Å². The van der Waals surface area contributed by atoms with Crippen LogP contribution in [0.15, 0.2) is 86.0 Å². The molecule has 5 aromatic rings. The number of imidazole rings is 1. The zero-order valence-electron chi connectivity index (χ0n) is 25.9. The Morgan fingerprint density at radius 1 is 1.02 bits per heavy atom. The van der Waals surface area contributed by atoms with Crippen LogP contribution >= 0.6 is 0 Å².